The first kappa shape index (κ1) is 23.6. The van der Waals surface area contributed by atoms with Crippen LogP contribution in [0.5, 0.6) is 0 Å². The van der Waals surface area contributed by atoms with Gasteiger partial charge in [0.1, 0.15) is 0 Å². The maximum absolute atomic E-state index is 12.9. The van der Waals surface area contributed by atoms with Crippen molar-refractivity contribution in [2.45, 2.75) is 51.0 Å². The molecule has 0 spiro atoms. The molecular weight excluding hydrogens is 466 g/mol. The van der Waals surface area contributed by atoms with Gasteiger partial charge in [-0.1, -0.05) is 30.2 Å². The first-order valence-corrected chi connectivity index (χ1v) is 14.4. The second-order valence-corrected chi connectivity index (χ2v) is 12.2. The summed E-state index contributed by atoms with van der Waals surface area (Å²) in [4.78, 5) is 4.82. The Morgan fingerprint density at radius 2 is 1.85 bits per heavy atom. The van der Waals surface area contributed by atoms with Gasteiger partial charge in [-0.15, -0.1) is 0 Å². The predicted octanol–water partition coefficient (Wildman–Crippen LogP) is 5.64. The fourth-order valence-corrected chi connectivity index (χ4v) is 6.08. The molecule has 2 aromatic carbocycles. The van der Waals surface area contributed by atoms with Gasteiger partial charge in [-0.25, -0.2) is 8.42 Å². The van der Waals surface area contributed by atoms with Gasteiger partial charge in [0.2, 0.25) is 10.0 Å². The number of benzene rings is 2. The normalized spacial score (nSPS) is 16.6. The zero-order chi connectivity index (χ0) is 23.9. The number of nitrogens with one attached hydrogen (secondary N) is 1. The second-order valence-electron chi connectivity index (χ2n) is 9.89. The lowest BCUT2D eigenvalue weighted by Crippen LogP contribution is -2.37. The van der Waals surface area contributed by atoms with Gasteiger partial charge in [-0.2, -0.15) is 0 Å². The lowest BCUT2D eigenvalue weighted by molar-refractivity contribution is 0.326. The van der Waals surface area contributed by atoms with Crippen molar-refractivity contribution in [1.82, 2.24) is 10.3 Å². The van der Waals surface area contributed by atoms with E-state index >= 15 is 0 Å². The first-order valence-electron chi connectivity index (χ1n) is 12.1. The molecule has 1 heterocycles. The predicted molar refractivity (Wildman–Crippen MR) is 140 cm³/mol. The van der Waals surface area contributed by atoms with Gasteiger partial charge in [0.05, 0.1) is 17.5 Å². The molecule has 1 aromatic heterocycles. The molecule has 0 unspecified atom stereocenters. The average molecular weight is 498 g/mol. The van der Waals surface area contributed by atoms with Crippen LogP contribution < -0.4 is 9.62 Å². The smallest absolute Gasteiger partial charge is 0.232 e. The minimum Gasteiger partial charge on any atom is -0.316 e. The van der Waals surface area contributed by atoms with Crippen molar-refractivity contribution in [3.05, 3.63) is 69.9 Å². The highest BCUT2D eigenvalue weighted by Gasteiger charge is 2.33. The summed E-state index contributed by atoms with van der Waals surface area (Å²) in [6.45, 7) is 1.30. The Morgan fingerprint density at radius 3 is 2.44 bits per heavy atom. The lowest BCUT2D eigenvalue weighted by Gasteiger charge is -2.33. The molecule has 0 atom stereocenters. The van der Waals surface area contributed by atoms with Crippen molar-refractivity contribution >= 4 is 38.2 Å². The molecule has 0 aliphatic heterocycles. The Labute approximate surface area is 207 Å². The highest BCUT2D eigenvalue weighted by atomic mass is 35.5. The standard InChI is InChI=1S/C27H32ClN3O2S/c1-29-16-25-21(12-18-6-10-22(28)11-7-18)15-30-26-14-27(23(13-24(25)26)20-8-9-20)31(34(2,32)33)17-19-4-3-5-19/h6-7,10-11,13-15,19-20,29H,3-5,8-9,12,16-17H2,1-2H3. The van der Waals surface area contributed by atoms with Crippen LogP contribution in [0.25, 0.3) is 10.9 Å². The molecule has 0 amide bonds. The third kappa shape index (κ3) is 4.95. The van der Waals surface area contributed by atoms with Crippen molar-refractivity contribution in [3.63, 3.8) is 0 Å². The fraction of sp³-hybridized carbons (Fsp3) is 0.444. The molecular formula is C27H32ClN3O2S. The van der Waals surface area contributed by atoms with Crippen LogP contribution in [0.15, 0.2) is 42.6 Å². The van der Waals surface area contributed by atoms with Gasteiger partial charge in [0, 0.05) is 29.7 Å². The molecule has 2 fully saturated rings. The molecule has 0 bridgehead atoms. The highest BCUT2D eigenvalue weighted by molar-refractivity contribution is 7.92. The minimum atomic E-state index is -3.38. The van der Waals surface area contributed by atoms with Crippen molar-refractivity contribution in [2.75, 3.05) is 24.2 Å². The number of rotatable bonds is 9. The molecule has 7 heteroatoms. The summed E-state index contributed by atoms with van der Waals surface area (Å²) in [5.74, 6) is 0.874. The van der Waals surface area contributed by atoms with Crippen LogP contribution in [0.3, 0.4) is 0 Å². The van der Waals surface area contributed by atoms with E-state index in [0.717, 1.165) is 65.8 Å². The number of halogens is 1. The lowest BCUT2D eigenvalue weighted by atomic mass is 9.85. The van der Waals surface area contributed by atoms with Gasteiger partial charge in [0.25, 0.3) is 0 Å². The van der Waals surface area contributed by atoms with E-state index < -0.39 is 10.0 Å². The van der Waals surface area contributed by atoms with Gasteiger partial charge in [-0.05, 0) is 97.5 Å². The third-order valence-corrected chi connectivity index (χ3v) is 8.61. The summed E-state index contributed by atoms with van der Waals surface area (Å²) in [5, 5.41) is 5.17. The minimum absolute atomic E-state index is 0.424. The molecule has 0 saturated heterocycles. The van der Waals surface area contributed by atoms with Crippen molar-refractivity contribution in [3.8, 4) is 0 Å². The van der Waals surface area contributed by atoms with Crippen LogP contribution in [-0.4, -0.2) is 33.2 Å². The molecule has 3 aromatic rings. The Morgan fingerprint density at radius 1 is 1.12 bits per heavy atom. The molecule has 2 aliphatic carbocycles. The quantitative estimate of drug-likeness (QED) is 0.415. The summed E-state index contributed by atoms with van der Waals surface area (Å²) in [6.07, 6.45) is 9.68. The molecule has 1 N–H and O–H groups in total. The maximum Gasteiger partial charge on any atom is 0.232 e. The van der Waals surface area contributed by atoms with Crippen molar-refractivity contribution in [2.24, 2.45) is 5.92 Å². The number of sulfonamides is 1. The van der Waals surface area contributed by atoms with Crippen molar-refractivity contribution in [1.29, 1.82) is 0 Å². The molecule has 0 radical (unpaired) electrons. The summed E-state index contributed by atoms with van der Waals surface area (Å²) < 4.78 is 27.4. The first-order chi connectivity index (χ1) is 16.3. The summed E-state index contributed by atoms with van der Waals surface area (Å²) in [6, 6.07) is 12.2. The molecule has 5 rings (SSSR count). The largest absolute Gasteiger partial charge is 0.316 e. The van der Waals surface area contributed by atoms with Crippen LogP contribution >= 0.6 is 11.6 Å². The van der Waals surface area contributed by atoms with E-state index in [1.165, 1.54) is 29.4 Å². The zero-order valence-electron chi connectivity index (χ0n) is 19.9. The number of fused-ring (bicyclic) bond motifs is 1. The van der Waals surface area contributed by atoms with E-state index in [1.807, 2.05) is 31.4 Å². The number of nitrogens with zero attached hydrogens (tertiary/aromatic N) is 2. The van der Waals surface area contributed by atoms with Crippen molar-refractivity contribution < 1.29 is 8.42 Å². The molecule has 2 aliphatic rings. The number of hydrogen-bond donors (Lipinski definition) is 1. The Hall–Kier alpha value is -2.15. The van der Waals surface area contributed by atoms with Crippen LogP contribution in [-0.2, 0) is 23.0 Å². The summed E-state index contributed by atoms with van der Waals surface area (Å²) >= 11 is 6.07. The van der Waals surface area contributed by atoms with Gasteiger partial charge < -0.3 is 5.32 Å². The SMILES string of the molecule is CNCc1c(Cc2ccc(Cl)cc2)cnc2cc(N(CC3CCC3)S(C)(=O)=O)c(C3CC3)cc12. The topological polar surface area (TPSA) is 62.3 Å². The van der Waals surface area contributed by atoms with E-state index in [9.17, 15) is 8.42 Å². The van der Waals surface area contributed by atoms with E-state index in [0.29, 0.717) is 18.4 Å². The number of hydrogen-bond acceptors (Lipinski definition) is 4. The molecule has 34 heavy (non-hydrogen) atoms. The monoisotopic (exact) mass is 497 g/mol. The highest BCUT2D eigenvalue weighted by Crippen LogP contribution is 2.47. The Kier molecular flexibility index (Phi) is 6.58. The van der Waals surface area contributed by atoms with E-state index in [4.69, 9.17) is 16.6 Å². The number of aromatic nitrogens is 1. The van der Waals surface area contributed by atoms with Crippen LogP contribution in [0.2, 0.25) is 5.02 Å². The van der Waals surface area contributed by atoms with Gasteiger partial charge in [0.15, 0.2) is 0 Å². The fourth-order valence-electron chi connectivity index (χ4n) is 4.96. The van der Waals surface area contributed by atoms with Gasteiger partial charge in [-0.3, -0.25) is 9.29 Å². The van der Waals surface area contributed by atoms with E-state index in [-0.39, 0.29) is 0 Å². The molecule has 5 nitrogen and oxygen atoms in total. The Balaban J connectivity index is 1.62. The van der Waals surface area contributed by atoms with Gasteiger partial charge >= 0.3 is 0 Å². The van der Waals surface area contributed by atoms with E-state index in [1.54, 1.807) is 4.31 Å². The Bertz CT molecular complexity index is 1300. The molecule has 180 valence electrons. The zero-order valence-corrected chi connectivity index (χ0v) is 21.4. The summed E-state index contributed by atoms with van der Waals surface area (Å²) in [5.41, 5.74) is 6.42. The number of pyridine rings is 1. The maximum atomic E-state index is 12.9. The summed E-state index contributed by atoms with van der Waals surface area (Å²) in [7, 11) is -1.42. The average Bonchev–Trinajstić information content (AvgIpc) is 3.60. The van der Waals surface area contributed by atoms with Crippen LogP contribution in [0.1, 0.15) is 60.3 Å². The third-order valence-electron chi connectivity index (χ3n) is 7.21. The van der Waals surface area contributed by atoms with Crippen LogP contribution in [0, 0.1) is 5.92 Å². The van der Waals surface area contributed by atoms with E-state index in [2.05, 4.69) is 23.5 Å². The number of anilines is 1. The van der Waals surface area contributed by atoms with Crippen LogP contribution in [0.4, 0.5) is 5.69 Å². The molecule has 2 saturated carbocycles. The second kappa shape index (κ2) is 9.48.